The van der Waals surface area contributed by atoms with E-state index in [0.29, 0.717) is 0 Å². The summed E-state index contributed by atoms with van der Waals surface area (Å²) in [4.78, 5) is 5.52. The molecule has 3 rings (SSSR count). The molecule has 1 N–H and O–H groups in total. The van der Waals surface area contributed by atoms with Crippen LogP contribution in [0, 0.1) is 0 Å². The number of rotatable bonds is 5. The van der Waals surface area contributed by atoms with E-state index in [1.165, 1.54) is 64.7 Å². The first-order chi connectivity index (χ1) is 9.24. The summed E-state index contributed by atoms with van der Waals surface area (Å²) in [5, 5.41) is 3.68. The molecule has 0 bridgehead atoms. The summed E-state index contributed by atoms with van der Waals surface area (Å²) < 4.78 is 0. The van der Waals surface area contributed by atoms with Crippen molar-refractivity contribution >= 4 is 0 Å². The highest BCUT2D eigenvalue weighted by molar-refractivity contribution is 4.94. The van der Waals surface area contributed by atoms with Crippen LogP contribution in [0.1, 0.15) is 52.4 Å². The first-order valence-corrected chi connectivity index (χ1v) is 8.47. The van der Waals surface area contributed by atoms with Gasteiger partial charge in [0.2, 0.25) is 0 Å². The van der Waals surface area contributed by atoms with Crippen molar-refractivity contribution < 1.29 is 0 Å². The number of likely N-dealkylation sites (tertiary alicyclic amines) is 1. The van der Waals surface area contributed by atoms with Gasteiger partial charge in [-0.2, -0.15) is 0 Å². The van der Waals surface area contributed by atoms with E-state index >= 15 is 0 Å². The van der Waals surface area contributed by atoms with E-state index in [4.69, 9.17) is 0 Å². The van der Waals surface area contributed by atoms with E-state index in [9.17, 15) is 0 Å². The van der Waals surface area contributed by atoms with Gasteiger partial charge >= 0.3 is 0 Å². The number of nitrogens with zero attached hydrogens (tertiary/aromatic N) is 2. The molecule has 110 valence electrons. The van der Waals surface area contributed by atoms with Crippen LogP contribution in [0.3, 0.4) is 0 Å². The van der Waals surface area contributed by atoms with Crippen LogP contribution in [0.4, 0.5) is 0 Å². The second-order valence-electron chi connectivity index (χ2n) is 7.08. The normalized spacial score (nSPS) is 30.6. The maximum absolute atomic E-state index is 3.68. The van der Waals surface area contributed by atoms with Gasteiger partial charge < -0.3 is 10.2 Å². The number of hydrogen-bond acceptors (Lipinski definition) is 3. The Balaban J connectivity index is 1.52. The molecule has 1 saturated carbocycles. The minimum Gasteiger partial charge on any atom is -0.313 e. The van der Waals surface area contributed by atoms with Crippen LogP contribution in [0.5, 0.6) is 0 Å². The predicted molar refractivity (Wildman–Crippen MR) is 80.5 cm³/mol. The van der Waals surface area contributed by atoms with Gasteiger partial charge in [-0.15, -0.1) is 0 Å². The Morgan fingerprint density at radius 3 is 2.26 bits per heavy atom. The van der Waals surface area contributed by atoms with Gasteiger partial charge in [0.1, 0.15) is 0 Å². The zero-order valence-corrected chi connectivity index (χ0v) is 12.8. The first-order valence-electron chi connectivity index (χ1n) is 8.47. The molecule has 0 amide bonds. The second kappa shape index (κ2) is 6.11. The summed E-state index contributed by atoms with van der Waals surface area (Å²) in [7, 11) is 0. The Bertz CT molecular complexity index is 274. The molecule has 1 unspecified atom stereocenters. The fourth-order valence-electron chi connectivity index (χ4n) is 3.90. The molecule has 19 heavy (non-hydrogen) atoms. The largest absolute Gasteiger partial charge is 0.313 e. The highest BCUT2D eigenvalue weighted by Gasteiger charge is 2.37. The molecular formula is C16H31N3. The lowest BCUT2D eigenvalue weighted by Crippen LogP contribution is -2.50. The number of nitrogens with one attached hydrogen (secondary N) is 1. The first kappa shape index (κ1) is 13.8. The lowest BCUT2D eigenvalue weighted by Gasteiger charge is -2.41. The smallest absolute Gasteiger partial charge is 0.0195 e. The molecule has 0 aromatic carbocycles. The van der Waals surface area contributed by atoms with E-state index in [-0.39, 0.29) is 0 Å². The third-order valence-corrected chi connectivity index (χ3v) is 5.31. The van der Waals surface area contributed by atoms with Crippen LogP contribution in [0.2, 0.25) is 0 Å². The topological polar surface area (TPSA) is 18.5 Å². The molecule has 0 spiro atoms. The molecule has 3 nitrogen and oxygen atoms in total. The van der Waals surface area contributed by atoms with E-state index in [0.717, 1.165) is 24.2 Å². The Kier molecular flexibility index (Phi) is 4.45. The van der Waals surface area contributed by atoms with Crippen molar-refractivity contribution in [3.8, 4) is 0 Å². The van der Waals surface area contributed by atoms with Crippen molar-refractivity contribution in [2.45, 2.75) is 76.5 Å². The summed E-state index contributed by atoms with van der Waals surface area (Å²) in [6.07, 6.45) is 8.47. The summed E-state index contributed by atoms with van der Waals surface area (Å²) in [5.41, 5.74) is 0. The zero-order valence-electron chi connectivity index (χ0n) is 12.8. The highest BCUT2D eigenvalue weighted by Crippen LogP contribution is 2.32. The summed E-state index contributed by atoms with van der Waals surface area (Å²) >= 11 is 0. The Morgan fingerprint density at radius 1 is 1.05 bits per heavy atom. The van der Waals surface area contributed by atoms with Crippen LogP contribution in [0.25, 0.3) is 0 Å². The molecule has 1 atom stereocenters. The van der Waals surface area contributed by atoms with Crippen LogP contribution in [-0.4, -0.2) is 60.1 Å². The standard InChI is InChI=1S/C16H31N3/c1-13(2)18-10-7-16(8-11-18)19(15-5-6-15)12-14-4-3-9-17-14/h13-17H,3-12H2,1-2H3. The Labute approximate surface area is 118 Å². The van der Waals surface area contributed by atoms with Gasteiger partial charge in [0.05, 0.1) is 0 Å². The van der Waals surface area contributed by atoms with Gasteiger partial charge in [0.25, 0.3) is 0 Å². The molecule has 0 aromatic heterocycles. The molecule has 3 aliphatic rings. The molecule has 2 heterocycles. The van der Waals surface area contributed by atoms with E-state index in [1.54, 1.807) is 0 Å². The van der Waals surface area contributed by atoms with Crippen molar-refractivity contribution in [3.05, 3.63) is 0 Å². The van der Waals surface area contributed by atoms with Gasteiger partial charge in [0, 0.05) is 30.7 Å². The van der Waals surface area contributed by atoms with Gasteiger partial charge in [-0.25, -0.2) is 0 Å². The predicted octanol–water partition coefficient (Wildman–Crippen LogP) is 2.08. The van der Waals surface area contributed by atoms with Crippen molar-refractivity contribution in [1.82, 2.24) is 15.1 Å². The SMILES string of the molecule is CC(C)N1CCC(N(CC2CCCN2)C2CC2)CC1. The summed E-state index contributed by atoms with van der Waals surface area (Å²) in [5.74, 6) is 0. The Morgan fingerprint density at radius 2 is 1.74 bits per heavy atom. The molecule has 0 radical (unpaired) electrons. The van der Waals surface area contributed by atoms with E-state index < -0.39 is 0 Å². The minimum absolute atomic E-state index is 0.729. The monoisotopic (exact) mass is 265 g/mol. The third-order valence-electron chi connectivity index (χ3n) is 5.31. The van der Waals surface area contributed by atoms with Crippen LogP contribution in [0.15, 0.2) is 0 Å². The molecule has 3 heteroatoms. The average Bonchev–Trinajstić information content (AvgIpc) is 3.13. The zero-order chi connectivity index (χ0) is 13.2. The molecular weight excluding hydrogens is 234 g/mol. The molecule has 1 aliphatic carbocycles. The van der Waals surface area contributed by atoms with Crippen LogP contribution < -0.4 is 5.32 Å². The maximum atomic E-state index is 3.68. The van der Waals surface area contributed by atoms with E-state index in [1.807, 2.05) is 0 Å². The molecule has 2 saturated heterocycles. The third kappa shape index (κ3) is 3.50. The number of hydrogen-bond donors (Lipinski definition) is 1. The Hall–Kier alpha value is -0.120. The van der Waals surface area contributed by atoms with Crippen molar-refractivity contribution in [1.29, 1.82) is 0 Å². The molecule has 2 aliphatic heterocycles. The van der Waals surface area contributed by atoms with Gasteiger partial charge in [-0.1, -0.05) is 0 Å². The van der Waals surface area contributed by atoms with Crippen molar-refractivity contribution in [3.63, 3.8) is 0 Å². The number of piperidine rings is 1. The van der Waals surface area contributed by atoms with Gasteiger partial charge in [0.15, 0.2) is 0 Å². The fourth-order valence-corrected chi connectivity index (χ4v) is 3.90. The lowest BCUT2D eigenvalue weighted by molar-refractivity contribution is 0.0813. The van der Waals surface area contributed by atoms with Crippen molar-refractivity contribution in [2.24, 2.45) is 0 Å². The van der Waals surface area contributed by atoms with Crippen molar-refractivity contribution in [2.75, 3.05) is 26.2 Å². The minimum atomic E-state index is 0.729. The fraction of sp³-hybridized carbons (Fsp3) is 1.00. The van der Waals surface area contributed by atoms with Gasteiger partial charge in [-0.05, 0) is 72.0 Å². The maximum Gasteiger partial charge on any atom is 0.0195 e. The molecule has 0 aromatic rings. The lowest BCUT2D eigenvalue weighted by atomic mass is 10.0. The summed E-state index contributed by atoms with van der Waals surface area (Å²) in [6.45, 7) is 9.85. The van der Waals surface area contributed by atoms with E-state index in [2.05, 4.69) is 29.0 Å². The quantitative estimate of drug-likeness (QED) is 0.821. The highest BCUT2D eigenvalue weighted by atomic mass is 15.3. The molecule has 3 fully saturated rings. The van der Waals surface area contributed by atoms with Crippen LogP contribution in [-0.2, 0) is 0 Å². The average molecular weight is 265 g/mol. The van der Waals surface area contributed by atoms with Crippen LogP contribution >= 0.6 is 0 Å². The van der Waals surface area contributed by atoms with Gasteiger partial charge in [-0.3, -0.25) is 4.90 Å². The second-order valence-corrected chi connectivity index (χ2v) is 7.08. The summed E-state index contributed by atoms with van der Waals surface area (Å²) in [6, 6.07) is 3.30.